The number of aromatic nitrogens is 1. The van der Waals surface area contributed by atoms with Crippen LogP contribution in [-0.2, 0) is 0 Å². The molecule has 0 N–H and O–H groups in total. The van der Waals surface area contributed by atoms with Crippen LogP contribution in [0.25, 0.3) is 10.9 Å². The largest absolute Gasteiger partial charge is 0.369 e. The molecule has 3 heterocycles. The first-order chi connectivity index (χ1) is 13.7. The third-order valence-corrected chi connectivity index (χ3v) is 5.59. The molecule has 140 valence electrons. The van der Waals surface area contributed by atoms with Gasteiger partial charge in [0, 0.05) is 42.5 Å². The van der Waals surface area contributed by atoms with Crippen LogP contribution in [0.4, 0.5) is 15.8 Å². The van der Waals surface area contributed by atoms with Gasteiger partial charge in [-0.3, -0.25) is 9.98 Å². The molecule has 0 radical (unpaired) electrons. The van der Waals surface area contributed by atoms with E-state index in [0.717, 1.165) is 35.4 Å². The van der Waals surface area contributed by atoms with Crippen molar-refractivity contribution in [2.24, 2.45) is 10.9 Å². The number of rotatable bonds is 3. The molecule has 2 aliphatic heterocycles. The number of halogens is 1. The normalized spacial score (nSPS) is 17.0. The van der Waals surface area contributed by atoms with Gasteiger partial charge in [0.15, 0.2) is 0 Å². The Bertz CT molecular complexity index is 1100. The fraction of sp³-hybridized carbons (Fsp3) is 0.217. The van der Waals surface area contributed by atoms with Crippen molar-refractivity contribution < 1.29 is 4.39 Å². The van der Waals surface area contributed by atoms with Crippen LogP contribution in [0.3, 0.4) is 0 Å². The maximum Gasteiger partial charge on any atom is 0.149 e. The van der Waals surface area contributed by atoms with Gasteiger partial charge in [-0.05, 0) is 30.7 Å². The molecule has 1 fully saturated rings. The zero-order valence-corrected chi connectivity index (χ0v) is 15.7. The van der Waals surface area contributed by atoms with Crippen LogP contribution in [0.2, 0.25) is 0 Å². The molecule has 0 saturated carbocycles. The summed E-state index contributed by atoms with van der Waals surface area (Å²) in [5.74, 6) is 0.220. The van der Waals surface area contributed by atoms with Crippen molar-refractivity contribution in [1.29, 1.82) is 0 Å². The molecule has 0 amide bonds. The van der Waals surface area contributed by atoms with Gasteiger partial charge < -0.3 is 9.80 Å². The highest BCUT2D eigenvalue weighted by atomic mass is 19.1. The average molecular weight is 372 g/mol. The first-order valence-electron chi connectivity index (χ1n) is 9.54. The van der Waals surface area contributed by atoms with Crippen LogP contribution in [0.15, 0.2) is 72.1 Å². The molecule has 28 heavy (non-hydrogen) atoms. The molecular weight excluding hydrogens is 351 g/mol. The van der Waals surface area contributed by atoms with Gasteiger partial charge in [-0.1, -0.05) is 30.3 Å². The molecule has 0 atom stereocenters. The highest BCUT2D eigenvalue weighted by Gasteiger charge is 2.33. The van der Waals surface area contributed by atoms with Crippen molar-refractivity contribution in [1.82, 2.24) is 4.98 Å². The second-order valence-electron chi connectivity index (χ2n) is 7.44. The SMILES string of the molecule is Cc1cccc(N2C=CN=C(C3CN(c4cnc5ccccc5c4)C3)C2)c1F. The Morgan fingerprint density at radius 3 is 2.82 bits per heavy atom. The van der Waals surface area contributed by atoms with E-state index < -0.39 is 0 Å². The molecule has 5 rings (SSSR count). The van der Waals surface area contributed by atoms with Gasteiger partial charge in [-0.15, -0.1) is 0 Å². The lowest BCUT2D eigenvalue weighted by atomic mass is 9.92. The molecule has 1 aromatic heterocycles. The van der Waals surface area contributed by atoms with E-state index in [2.05, 4.69) is 27.0 Å². The maximum absolute atomic E-state index is 14.5. The number of anilines is 2. The van der Waals surface area contributed by atoms with E-state index in [4.69, 9.17) is 0 Å². The summed E-state index contributed by atoms with van der Waals surface area (Å²) in [4.78, 5) is 13.4. The van der Waals surface area contributed by atoms with Crippen LogP contribution in [0, 0.1) is 18.7 Å². The summed E-state index contributed by atoms with van der Waals surface area (Å²) in [5.41, 5.74) is 4.53. The zero-order chi connectivity index (χ0) is 19.1. The summed E-state index contributed by atoms with van der Waals surface area (Å²) in [7, 11) is 0. The van der Waals surface area contributed by atoms with Gasteiger partial charge in [-0.2, -0.15) is 0 Å². The lowest BCUT2D eigenvalue weighted by Crippen LogP contribution is -2.53. The molecule has 0 spiro atoms. The summed E-state index contributed by atoms with van der Waals surface area (Å²) in [6.07, 6.45) is 5.57. The van der Waals surface area contributed by atoms with Crippen molar-refractivity contribution in [3.05, 3.63) is 78.5 Å². The number of aryl methyl sites for hydroxylation is 1. The number of nitrogens with zero attached hydrogens (tertiary/aromatic N) is 4. The molecule has 2 aromatic carbocycles. The third kappa shape index (κ3) is 2.93. The minimum Gasteiger partial charge on any atom is -0.369 e. The minimum absolute atomic E-state index is 0.161. The van der Waals surface area contributed by atoms with E-state index in [1.807, 2.05) is 47.6 Å². The molecule has 3 aromatic rings. The maximum atomic E-state index is 14.5. The van der Waals surface area contributed by atoms with Crippen LogP contribution in [0.5, 0.6) is 0 Å². The van der Waals surface area contributed by atoms with Crippen molar-refractivity contribution >= 4 is 28.0 Å². The fourth-order valence-electron chi connectivity index (χ4n) is 3.86. The number of pyridine rings is 1. The predicted molar refractivity (Wildman–Crippen MR) is 113 cm³/mol. The molecule has 5 heteroatoms. The van der Waals surface area contributed by atoms with Crippen LogP contribution < -0.4 is 9.80 Å². The summed E-state index contributed by atoms with van der Waals surface area (Å²) < 4.78 is 14.5. The third-order valence-electron chi connectivity index (χ3n) is 5.59. The lowest BCUT2D eigenvalue weighted by molar-refractivity contribution is 0.516. The van der Waals surface area contributed by atoms with Crippen LogP contribution >= 0.6 is 0 Å². The standard InChI is InChI=1S/C23H21FN4/c1-16-5-4-8-22(23(16)24)27-10-9-25-21(15-27)18-13-28(14-18)19-11-17-6-2-3-7-20(17)26-12-19/h2-12,18H,13-15H2,1H3. The Labute approximate surface area is 163 Å². The van der Waals surface area contributed by atoms with Crippen LogP contribution in [0.1, 0.15) is 5.56 Å². The van der Waals surface area contributed by atoms with Gasteiger partial charge in [0.05, 0.1) is 29.6 Å². The molecule has 1 saturated heterocycles. The molecule has 0 aliphatic carbocycles. The second kappa shape index (κ2) is 6.75. The smallest absolute Gasteiger partial charge is 0.149 e. The van der Waals surface area contributed by atoms with Crippen molar-refractivity contribution in [2.75, 3.05) is 29.4 Å². The van der Waals surface area contributed by atoms with E-state index in [0.29, 0.717) is 23.7 Å². The fourth-order valence-corrected chi connectivity index (χ4v) is 3.86. The van der Waals surface area contributed by atoms with Crippen LogP contribution in [-0.4, -0.2) is 30.3 Å². The Hall–Kier alpha value is -3.21. The summed E-state index contributed by atoms with van der Waals surface area (Å²) in [6, 6.07) is 15.9. The number of hydrogen-bond acceptors (Lipinski definition) is 4. The summed E-state index contributed by atoms with van der Waals surface area (Å²) in [5, 5.41) is 1.16. The van der Waals surface area contributed by atoms with Gasteiger partial charge in [0.25, 0.3) is 0 Å². The van der Waals surface area contributed by atoms with Crippen molar-refractivity contribution in [2.45, 2.75) is 6.92 Å². The van der Waals surface area contributed by atoms with E-state index >= 15 is 0 Å². The molecule has 4 nitrogen and oxygen atoms in total. The monoisotopic (exact) mass is 372 g/mol. The highest BCUT2D eigenvalue weighted by Crippen LogP contribution is 2.30. The molecule has 0 bridgehead atoms. The van der Waals surface area contributed by atoms with Crippen molar-refractivity contribution in [3.8, 4) is 0 Å². The number of fused-ring (bicyclic) bond motifs is 1. The topological polar surface area (TPSA) is 31.7 Å². The number of aliphatic imine (C=N–C) groups is 1. The summed E-state index contributed by atoms with van der Waals surface area (Å²) in [6.45, 7) is 4.25. The molecular formula is C23H21FN4. The Kier molecular flexibility index (Phi) is 4.08. The first-order valence-corrected chi connectivity index (χ1v) is 9.54. The minimum atomic E-state index is -0.161. The number of benzene rings is 2. The Morgan fingerprint density at radius 1 is 1.07 bits per heavy atom. The quantitative estimate of drug-likeness (QED) is 0.676. The Balaban J connectivity index is 1.29. The number of hydrogen-bond donors (Lipinski definition) is 0. The van der Waals surface area contributed by atoms with Crippen molar-refractivity contribution in [3.63, 3.8) is 0 Å². The number of para-hydroxylation sites is 1. The van der Waals surface area contributed by atoms with E-state index in [1.54, 1.807) is 19.2 Å². The zero-order valence-electron chi connectivity index (χ0n) is 15.7. The summed E-state index contributed by atoms with van der Waals surface area (Å²) >= 11 is 0. The highest BCUT2D eigenvalue weighted by molar-refractivity contribution is 5.95. The molecule has 2 aliphatic rings. The van der Waals surface area contributed by atoms with Gasteiger partial charge in [-0.25, -0.2) is 4.39 Å². The van der Waals surface area contributed by atoms with Gasteiger partial charge in [0.1, 0.15) is 5.82 Å². The average Bonchev–Trinajstić information content (AvgIpc) is 2.69. The van der Waals surface area contributed by atoms with Gasteiger partial charge in [0.2, 0.25) is 0 Å². The lowest BCUT2D eigenvalue weighted by Gasteiger charge is -2.42. The van der Waals surface area contributed by atoms with E-state index in [9.17, 15) is 4.39 Å². The van der Waals surface area contributed by atoms with E-state index in [-0.39, 0.29) is 5.82 Å². The van der Waals surface area contributed by atoms with E-state index in [1.165, 1.54) is 0 Å². The Morgan fingerprint density at radius 2 is 1.93 bits per heavy atom. The first kappa shape index (κ1) is 16.9. The van der Waals surface area contributed by atoms with Gasteiger partial charge >= 0.3 is 0 Å². The second-order valence-corrected chi connectivity index (χ2v) is 7.44. The predicted octanol–water partition coefficient (Wildman–Crippen LogP) is 4.55. The molecule has 0 unspecified atom stereocenters.